The van der Waals surface area contributed by atoms with Gasteiger partial charge in [0.1, 0.15) is 108 Å². The van der Waals surface area contributed by atoms with Crippen molar-refractivity contribution in [1.82, 2.24) is 37.2 Å². The lowest BCUT2D eigenvalue weighted by Gasteiger charge is -2.47. The fourth-order valence-corrected chi connectivity index (χ4v) is 18.0. The second-order valence-corrected chi connectivity index (χ2v) is 35.3. The Morgan fingerprint density at radius 2 is 1.38 bits per heavy atom. The summed E-state index contributed by atoms with van der Waals surface area (Å²) >= 11 is 22.2. The summed E-state index contributed by atoms with van der Waals surface area (Å²) in [6.07, 6.45) is -30.4. The maximum Gasteiger partial charge on any atom is 0.295 e. The number of ketones is 2. The van der Waals surface area contributed by atoms with Crippen molar-refractivity contribution in [3.8, 4) is 67.6 Å². The largest absolute Gasteiger partial charge is 0.508 e. The van der Waals surface area contributed by atoms with Gasteiger partial charge in [0.25, 0.3) is 6.47 Å². The average Bonchev–Trinajstić information content (AvgIpc) is 0.822. The van der Waals surface area contributed by atoms with Crippen LogP contribution in [0.25, 0.3) is 21.6 Å². The molecule has 8 aliphatic heterocycles. The number of amides is 6. The Kier molecular flexibility index (Phi) is 30.1. The summed E-state index contributed by atoms with van der Waals surface area (Å²) in [6.45, 7) is 6.63. The number of likely N-dealkylation sites (N-methyl/N-ethyl adjacent to an activating group) is 1. The summed E-state index contributed by atoms with van der Waals surface area (Å²) in [7, 11) is 1.49. The summed E-state index contributed by atoms with van der Waals surface area (Å²) in [5.41, 5.74) is 9.88. The quantitative estimate of drug-likeness (QED) is 0.0421. The second kappa shape index (κ2) is 40.4. The summed E-state index contributed by atoms with van der Waals surface area (Å²) in [5, 5.41) is 137. The van der Waals surface area contributed by atoms with Crippen LogP contribution in [0.1, 0.15) is 130 Å². The van der Waals surface area contributed by atoms with Gasteiger partial charge in [0.2, 0.25) is 53.7 Å². The van der Waals surface area contributed by atoms with Crippen molar-refractivity contribution in [3.05, 3.63) is 163 Å². The molecule has 8 aliphatic rings. The van der Waals surface area contributed by atoms with Gasteiger partial charge in [-0.15, -0.1) is 11.3 Å². The fourth-order valence-electron chi connectivity index (χ4n) is 16.4. The third kappa shape index (κ3) is 21.2. The molecule has 0 aliphatic carbocycles. The van der Waals surface area contributed by atoms with E-state index in [-0.39, 0.29) is 71.3 Å². The number of fused-ring (bicyclic) bond motifs is 15. The van der Waals surface area contributed by atoms with Crippen LogP contribution in [0.4, 0.5) is 0 Å². The Balaban J connectivity index is 0.973. The zero-order valence-corrected chi connectivity index (χ0v) is 72.6. The first kappa shape index (κ1) is 95.3. The minimum atomic E-state index is -2.35. The Bertz CT molecular complexity index is 5320. The first-order chi connectivity index (χ1) is 60.8. The van der Waals surface area contributed by atoms with Crippen LogP contribution in [-0.2, 0) is 78.1 Å². The number of phenolic OH excluding ortho intramolecular Hbond substituents is 3. The number of Topliss-reactive ketones (excluding diaryl/α,β-unsaturated/α-hetero) is 2. The topological polar surface area (TPSA) is 575 Å². The number of aliphatic hydroxyl groups is 7. The molecule has 7 aromatic rings. The zero-order chi connectivity index (χ0) is 92.3. The van der Waals surface area contributed by atoms with Crippen molar-refractivity contribution in [1.29, 1.82) is 0 Å². The van der Waals surface area contributed by atoms with Crippen LogP contribution in [0.15, 0.2) is 115 Å². The van der Waals surface area contributed by atoms with E-state index in [4.69, 9.17) is 88.9 Å². The van der Waals surface area contributed by atoms with Crippen LogP contribution >= 0.6 is 46.1 Å². The second-order valence-electron chi connectivity index (χ2n) is 32.9. The normalized spacial score (nSPS) is 29.4. The molecule has 1 aromatic heterocycles. The molecule has 0 radical (unpaired) electrons. The molecule has 128 heavy (non-hydrogen) atoms. The number of primary amides is 1. The molecule has 0 spiro atoms. The Morgan fingerprint density at radius 3 is 2.02 bits per heavy atom. The van der Waals surface area contributed by atoms with Crippen molar-refractivity contribution < 1.29 is 137 Å². The molecule has 37 nitrogen and oxygen atoms in total. The van der Waals surface area contributed by atoms with Crippen LogP contribution in [0.5, 0.6) is 46.0 Å². The molecular formula is C87H98Cl3N9O28S. The predicted octanol–water partition coefficient (Wildman–Crippen LogP) is 4.28. The SMILES string of the molecule is CN[C@H](CC(C)C)C(=O)N[C@H]1C(=O)C[C@@H](CC(N)=O)C(=O)N[C@H]2C(=O)C[C@H]3C(=O)NC(C(=O)N[C@@H](OC=O)c4cc(O)cc(O)c4-c4cc3ccc4O)[C@H](O[C@H]3C[C@](C)(N)[C@@H](O)[C@H](C)O3)c3ccc(c(Cl)c3)Oc3cc2cc(c3O[C@@H]2O[C@H](CO)[C@@H](O[C@@H]3OC(CNCc4ccc(-c5ccc(Cl)cc5)s4)[C@H](O)[C@H](O)[C@H]3NC(C)=O)[C@H](O)[C@H]2O)Oc2ccc(cc2Cl)[C@H]1O. The molecule has 11 bridgehead atoms. The highest BCUT2D eigenvalue weighted by atomic mass is 35.5. The third-order valence-electron chi connectivity index (χ3n) is 23.0. The molecule has 23 atom stereocenters. The van der Waals surface area contributed by atoms with Gasteiger partial charge >= 0.3 is 0 Å². The molecule has 21 N–H and O–H groups in total. The predicted molar refractivity (Wildman–Crippen MR) is 455 cm³/mol. The molecule has 0 saturated carbocycles. The van der Waals surface area contributed by atoms with E-state index >= 15 is 24.0 Å². The average molecular weight is 1860 g/mol. The Hall–Kier alpha value is -10.3. The number of thiophene rings is 1. The molecular weight excluding hydrogens is 1760 g/mol. The van der Waals surface area contributed by atoms with Gasteiger partial charge < -0.3 is 142 Å². The van der Waals surface area contributed by atoms with Gasteiger partial charge in [-0.05, 0) is 140 Å². The van der Waals surface area contributed by atoms with E-state index in [0.29, 0.717) is 5.02 Å². The number of nitrogens with two attached hydrogens (primary N) is 2. The maximum absolute atomic E-state index is 16.6. The van der Waals surface area contributed by atoms with E-state index in [2.05, 4.69) is 37.2 Å². The highest BCUT2D eigenvalue weighted by Gasteiger charge is 2.54. The van der Waals surface area contributed by atoms with Gasteiger partial charge in [-0.25, -0.2) is 0 Å². The fraction of sp³-hybridized carbons (Fsp3) is 0.437. The van der Waals surface area contributed by atoms with Crippen LogP contribution in [-0.4, -0.2) is 228 Å². The lowest BCUT2D eigenvalue weighted by atomic mass is 9.85. The molecule has 15 rings (SSSR count). The smallest absolute Gasteiger partial charge is 0.295 e. The number of aliphatic hydroxyl groups excluding tert-OH is 7. The standard InChI is InChI=1S/C87H98Cl3N9O28S/c1-35(2)19-52(93-6)82(117)97-68-55(106)23-43(26-64(91)108)80(115)96-67-42-24-59(121-57-16-10-40(71(68)109)21-50(57)89)77(126-86-75(113)74(112)78(62(33-100)124-86)127-85-69(95-37(4)102)73(111)72(110)61(123-85)32-94-31-46-14-18-63(128-46)38-7-12-44(88)13-8-38)60(25-42)122-58-17-11-41(22-51(58)90)76(125-65-30-87(5,92)79(114)36(3)120-65)70-83(118)99-84(119-34-101)49-27-45(103)28-54(105)66(49)48-20-39(9-15-53(48)104)47(29-56(67)107)81(116)98-70/h7-18,20-22,24-25,27-28,34-36,43,47,52,61-62,65,67-76,78-79,84-86,93-94,100,103-105,109-114H,19,23,26,29-33,92H2,1-6H3,(H2,91,108)(H,95,102)(H,96,115)(H,97,117)(H,98,116)(H,99,118)/t36-,43-,47+,52+,61?,62+,65-,67+,68-,69+,70?,71+,72-,73+,74+,75+,76+,78+,79-,84-,85-,86-,87-/m0/s1. The van der Waals surface area contributed by atoms with Crippen molar-refractivity contribution in [2.45, 2.75) is 207 Å². The summed E-state index contributed by atoms with van der Waals surface area (Å²) < 4.78 is 57.7. The number of hydrogen-bond donors (Lipinski definition) is 19. The maximum atomic E-state index is 16.6. The van der Waals surface area contributed by atoms with E-state index in [1.807, 2.05) is 38.1 Å². The van der Waals surface area contributed by atoms with Gasteiger partial charge in [0, 0.05) is 88.8 Å². The lowest BCUT2D eigenvalue weighted by Crippen LogP contribution is -2.68. The number of rotatable bonds is 22. The third-order valence-corrected chi connectivity index (χ3v) is 25.0. The minimum absolute atomic E-state index is 0.0937. The first-order valence-corrected chi connectivity index (χ1v) is 42.8. The van der Waals surface area contributed by atoms with E-state index in [1.54, 1.807) is 12.1 Å². The summed E-state index contributed by atoms with van der Waals surface area (Å²) in [4.78, 5) is 135. The molecule has 3 fully saturated rings. The van der Waals surface area contributed by atoms with Crippen LogP contribution < -0.4 is 62.9 Å². The number of ether oxygens (including phenoxy) is 9. The van der Waals surface area contributed by atoms with Gasteiger partial charge in [-0.2, -0.15) is 0 Å². The number of nitrogens with one attached hydrogen (secondary N) is 7. The Morgan fingerprint density at radius 1 is 0.703 bits per heavy atom. The number of carbonyl (C=O) groups excluding carboxylic acids is 9. The Labute approximate surface area is 750 Å². The summed E-state index contributed by atoms with van der Waals surface area (Å²) in [5.74, 6) is -17.8. The molecule has 3 saturated heterocycles. The lowest BCUT2D eigenvalue weighted by molar-refractivity contribution is -0.335. The van der Waals surface area contributed by atoms with E-state index in [1.165, 1.54) is 68.6 Å². The molecule has 9 heterocycles. The number of hydrogen-bond acceptors (Lipinski definition) is 32. The number of carbonyl (C=O) groups is 9. The zero-order valence-electron chi connectivity index (χ0n) is 69.5. The van der Waals surface area contributed by atoms with Crippen molar-refractivity contribution in [2.75, 3.05) is 20.2 Å². The number of halogens is 3. The van der Waals surface area contributed by atoms with E-state index < -0.39 is 275 Å². The van der Waals surface area contributed by atoms with Gasteiger partial charge in [0.05, 0.1) is 46.7 Å². The first-order valence-electron chi connectivity index (χ1n) is 40.9. The van der Waals surface area contributed by atoms with Crippen molar-refractivity contribution in [3.63, 3.8) is 0 Å². The van der Waals surface area contributed by atoms with E-state index in [0.717, 1.165) is 64.7 Å². The minimum Gasteiger partial charge on any atom is -0.508 e. The molecule has 6 aromatic carbocycles. The van der Waals surface area contributed by atoms with Crippen LogP contribution in [0, 0.1) is 11.8 Å². The van der Waals surface area contributed by atoms with Crippen LogP contribution in [0.3, 0.4) is 0 Å². The summed E-state index contributed by atoms with van der Waals surface area (Å²) in [6, 6.07) is 16.6. The van der Waals surface area contributed by atoms with Crippen molar-refractivity contribution >= 4 is 99.6 Å². The molecule has 41 heteroatoms. The monoisotopic (exact) mass is 1850 g/mol. The number of benzene rings is 6. The van der Waals surface area contributed by atoms with Crippen molar-refractivity contribution in [2.24, 2.45) is 23.3 Å². The highest BCUT2D eigenvalue weighted by Crippen LogP contribution is 2.51. The number of aromatic hydroxyl groups is 3. The highest BCUT2D eigenvalue weighted by molar-refractivity contribution is 7.15. The molecule has 6 amide bonds. The van der Waals surface area contributed by atoms with Gasteiger partial charge in [-0.1, -0.05) is 79.0 Å². The molecule has 686 valence electrons. The molecule has 2 unspecified atom stereocenters. The number of phenols is 3. The van der Waals surface area contributed by atoms with E-state index in [9.17, 15) is 70.2 Å². The van der Waals surface area contributed by atoms with Crippen LogP contribution in [0.2, 0.25) is 15.1 Å². The van der Waals surface area contributed by atoms with Gasteiger partial charge in [0.15, 0.2) is 35.6 Å². The van der Waals surface area contributed by atoms with Gasteiger partial charge in [-0.3, -0.25) is 43.2 Å².